The largest absolute Gasteiger partial charge is 0.507 e. The van der Waals surface area contributed by atoms with Crippen LogP contribution in [0.3, 0.4) is 0 Å². The minimum absolute atomic E-state index is 0.111. The molecule has 1 aliphatic rings. The third kappa shape index (κ3) is 3.67. The van der Waals surface area contributed by atoms with Crippen LogP contribution in [-0.2, 0) is 9.59 Å². The number of pyridine rings is 1. The van der Waals surface area contributed by atoms with E-state index in [0.29, 0.717) is 22.9 Å². The number of halogens is 1. The van der Waals surface area contributed by atoms with Crippen molar-refractivity contribution in [3.8, 4) is 11.5 Å². The van der Waals surface area contributed by atoms with Crippen molar-refractivity contribution in [1.29, 1.82) is 0 Å². The van der Waals surface area contributed by atoms with Crippen molar-refractivity contribution in [2.24, 2.45) is 0 Å². The molecule has 7 nitrogen and oxygen atoms in total. The van der Waals surface area contributed by atoms with Crippen molar-refractivity contribution in [3.05, 3.63) is 88.7 Å². The second-order valence-electron chi connectivity index (χ2n) is 6.97. The van der Waals surface area contributed by atoms with Gasteiger partial charge in [-0.1, -0.05) is 17.7 Å². The molecule has 32 heavy (non-hydrogen) atoms. The first-order valence-corrected chi connectivity index (χ1v) is 10.0. The summed E-state index contributed by atoms with van der Waals surface area (Å²) >= 11 is 6.30. The van der Waals surface area contributed by atoms with E-state index in [9.17, 15) is 14.7 Å². The highest BCUT2D eigenvalue weighted by Gasteiger charge is 2.47. The molecule has 2 heterocycles. The van der Waals surface area contributed by atoms with E-state index in [2.05, 4.69) is 4.98 Å². The fourth-order valence-corrected chi connectivity index (χ4v) is 3.82. The number of hydrogen-bond donors (Lipinski definition) is 1. The number of nitrogens with zero attached hydrogens (tertiary/aromatic N) is 2. The number of rotatable bonds is 5. The number of aromatic nitrogens is 1. The maximum atomic E-state index is 13.1. The van der Waals surface area contributed by atoms with Crippen LogP contribution in [0.2, 0.25) is 5.02 Å². The van der Waals surface area contributed by atoms with Gasteiger partial charge in [0.2, 0.25) is 0 Å². The zero-order valence-corrected chi connectivity index (χ0v) is 18.0. The standard InChI is InChI=1S/C24H19ClN2O5/c1-31-15-8-6-14(7-9-15)27-21(19-5-3-4-12-26-19)20(23(29)24(27)30)22(28)17-13-16(32-2)10-11-18(17)25/h3-13,21,28H,1-2H3/b22-20+. The number of carbonyl (C=O) groups excluding carboxylic acids is 2. The topological polar surface area (TPSA) is 89.0 Å². The van der Waals surface area contributed by atoms with E-state index in [-0.39, 0.29) is 16.2 Å². The van der Waals surface area contributed by atoms with E-state index in [4.69, 9.17) is 21.1 Å². The van der Waals surface area contributed by atoms with Gasteiger partial charge >= 0.3 is 0 Å². The normalized spacial score (nSPS) is 17.5. The molecule has 2 aromatic carbocycles. The molecule has 0 spiro atoms. The lowest BCUT2D eigenvalue weighted by Gasteiger charge is -2.24. The van der Waals surface area contributed by atoms with E-state index in [1.807, 2.05) is 0 Å². The van der Waals surface area contributed by atoms with Gasteiger partial charge in [0.25, 0.3) is 11.7 Å². The Hall–Kier alpha value is -3.84. The van der Waals surface area contributed by atoms with E-state index >= 15 is 0 Å². The first-order chi connectivity index (χ1) is 15.5. The predicted molar refractivity (Wildman–Crippen MR) is 120 cm³/mol. The zero-order valence-electron chi connectivity index (χ0n) is 17.3. The Morgan fingerprint density at radius 1 is 1.00 bits per heavy atom. The lowest BCUT2D eigenvalue weighted by Crippen LogP contribution is -2.29. The van der Waals surface area contributed by atoms with Gasteiger partial charge in [0.15, 0.2) is 0 Å². The molecule has 0 saturated carbocycles. The lowest BCUT2D eigenvalue weighted by molar-refractivity contribution is -0.132. The Labute approximate surface area is 189 Å². The van der Waals surface area contributed by atoms with Crippen LogP contribution in [0, 0.1) is 0 Å². The summed E-state index contributed by atoms with van der Waals surface area (Å²) in [5.74, 6) is -0.990. The molecule has 162 valence electrons. The Balaban J connectivity index is 1.94. The molecule has 1 atom stereocenters. The molecule has 1 amide bonds. The molecular formula is C24H19ClN2O5. The third-order valence-corrected chi connectivity index (χ3v) is 5.52. The van der Waals surface area contributed by atoms with Gasteiger partial charge in [-0.2, -0.15) is 0 Å². The highest BCUT2D eigenvalue weighted by molar-refractivity contribution is 6.52. The molecule has 1 fully saturated rings. The third-order valence-electron chi connectivity index (χ3n) is 5.19. The van der Waals surface area contributed by atoms with Gasteiger partial charge in [0.05, 0.1) is 30.5 Å². The highest BCUT2D eigenvalue weighted by Crippen LogP contribution is 2.43. The lowest BCUT2D eigenvalue weighted by atomic mass is 9.98. The van der Waals surface area contributed by atoms with Crippen molar-refractivity contribution >= 4 is 34.7 Å². The van der Waals surface area contributed by atoms with Gasteiger partial charge in [-0.25, -0.2) is 0 Å². The molecule has 0 aliphatic carbocycles. The summed E-state index contributed by atoms with van der Waals surface area (Å²) in [5, 5.41) is 11.4. The molecule has 0 bridgehead atoms. The van der Waals surface area contributed by atoms with E-state index in [0.717, 1.165) is 0 Å². The van der Waals surface area contributed by atoms with E-state index in [1.54, 1.807) is 60.8 Å². The van der Waals surface area contributed by atoms with Crippen molar-refractivity contribution < 1.29 is 24.2 Å². The Kier molecular flexibility index (Phi) is 5.83. The van der Waals surface area contributed by atoms with Crippen molar-refractivity contribution in [3.63, 3.8) is 0 Å². The minimum Gasteiger partial charge on any atom is -0.507 e. The molecular weight excluding hydrogens is 432 g/mol. The van der Waals surface area contributed by atoms with Crippen LogP contribution in [-0.4, -0.2) is 36.0 Å². The van der Waals surface area contributed by atoms with E-state index < -0.39 is 23.5 Å². The van der Waals surface area contributed by atoms with Crippen molar-refractivity contribution in [2.45, 2.75) is 6.04 Å². The smallest absolute Gasteiger partial charge is 0.300 e. The molecule has 1 N–H and O–H groups in total. The maximum Gasteiger partial charge on any atom is 0.300 e. The number of aliphatic hydroxyl groups excluding tert-OH is 1. The number of aliphatic hydroxyl groups is 1. The Morgan fingerprint density at radius 3 is 2.31 bits per heavy atom. The van der Waals surface area contributed by atoms with Gasteiger partial charge < -0.3 is 14.6 Å². The number of ketones is 1. The molecule has 1 saturated heterocycles. The zero-order chi connectivity index (χ0) is 22.8. The highest BCUT2D eigenvalue weighted by atomic mass is 35.5. The maximum absolute atomic E-state index is 13.1. The first kappa shape index (κ1) is 21.4. The van der Waals surface area contributed by atoms with Gasteiger partial charge in [0, 0.05) is 17.4 Å². The molecule has 1 aromatic heterocycles. The van der Waals surface area contributed by atoms with E-state index in [1.165, 1.54) is 25.2 Å². The molecule has 4 rings (SSSR count). The molecule has 0 radical (unpaired) electrons. The van der Waals surface area contributed by atoms with Crippen LogP contribution in [0.15, 0.2) is 72.4 Å². The second-order valence-corrected chi connectivity index (χ2v) is 7.37. The second kappa shape index (κ2) is 8.72. The van der Waals surface area contributed by atoms with Gasteiger partial charge in [-0.3, -0.25) is 19.5 Å². The summed E-state index contributed by atoms with van der Waals surface area (Å²) in [5.41, 5.74) is 0.946. The predicted octanol–water partition coefficient (Wildman–Crippen LogP) is 4.38. The molecule has 1 aliphatic heterocycles. The first-order valence-electron chi connectivity index (χ1n) is 9.66. The Morgan fingerprint density at radius 2 is 1.69 bits per heavy atom. The minimum atomic E-state index is -0.952. The fourth-order valence-electron chi connectivity index (χ4n) is 3.62. The summed E-state index contributed by atoms with van der Waals surface area (Å²) in [4.78, 5) is 31.9. The van der Waals surface area contributed by atoms with Crippen molar-refractivity contribution in [1.82, 2.24) is 4.98 Å². The van der Waals surface area contributed by atoms with Crippen LogP contribution in [0.1, 0.15) is 17.3 Å². The number of hydrogen-bond acceptors (Lipinski definition) is 6. The number of ether oxygens (including phenoxy) is 2. The number of benzene rings is 2. The molecule has 8 heteroatoms. The number of Topliss-reactive ketones (excluding diaryl/α,β-unsaturated/α-hetero) is 1. The number of anilines is 1. The van der Waals surface area contributed by atoms with Gasteiger partial charge in [-0.15, -0.1) is 0 Å². The number of methoxy groups -OCH3 is 2. The van der Waals surface area contributed by atoms with Crippen LogP contribution < -0.4 is 14.4 Å². The van der Waals surface area contributed by atoms with Crippen LogP contribution >= 0.6 is 11.6 Å². The Bertz CT molecular complexity index is 1210. The summed E-state index contributed by atoms with van der Waals surface area (Å²) in [6.07, 6.45) is 1.56. The average molecular weight is 451 g/mol. The van der Waals surface area contributed by atoms with Crippen LogP contribution in [0.4, 0.5) is 5.69 Å². The quantitative estimate of drug-likeness (QED) is 0.352. The SMILES string of the molecule is COc1ccc(N2C(=O)C(=O)/C(=C(/O)c3cc(OC)ccc3Cl)C2c2ccccn2)cc1. The average Bonchev–Trinajstić information content (AvgIpc) is 3.10. The van der Waals surface area contributed by atoms with Gasteiger partial charge in [0.1, 0.15) is 23.3 Å². The summed E-state index contributed by atoms with van der Waals surface area (Å²) in [7, 11) is 3.01. The summed E-state index contributed by atoms with van der Waals surface area (Å²) in [6.45, 7) is 0. The van der Waals surface area contributed by atoms with Crippen LogP contribution in [0.25, 0.3) is 5.76 Å². The fraction of sp³-hybridized carbons (Fsp3) is 0.125. The van der Waals surface area contributed by atoms with Crippen molar-refractivity contribution in [2.75, 3.05) is 19.1 Å². The number of amides is 1. The molecule has 1 unspecified atom stereocenters. The van der Waals surface area contributed by atoms with Crippen LogP contribution in [0.5, 0.6) is 11.5 Å². The number of carbonyl (C=O) groups is 2. The summed E-state index contributed by atoms with van der Waals surface area (Å²) in [6, 6.07) is 15.6. The van der Waals surface area contributed by atoms with Gasteiger partial charge in [-0.05, 0) is 54.6 Å². The molecule has 3 aromatic rings. The monoisotopic (exact) mass is 450 g/mol. The summed E-state index contributed by atoms with van der Waals surface area (Å²) < 4.78 is 10.4.